The number of benzene rings is 1. The Labute approximate surface area is 110 Å². The molecule has 1 atom stereocenters. The number of hydrogen-bond acceptors (Lipinski definition) is 1. The van der Waals surface area contributed by atoms with Crippen LogP contribution < -0.4 is 5.32 Å². The number of nitrogens with one attached hydrogen (secondary N) is 1. The molecule has 0 radical (unpaired) electrons. The van der Waals surface area contributed by atoms with Gasteiger partial charge in [0.2, 0.25) is 0 Å². The minimum atomic E-state index is -0.137. The molecule has 0 aromatic heterocycles. The van der Waals surface area contributed by atoms with Crippen molar-refractivity contribution in [2.75, 3.05) is 6.54 Å². The van der Waals surface area contributed by atoms with Gasteiger partial charge in [-0.15, -0.1) is 0 Å². The van der Waals surface area contributed by atoms with E-state index < -0.39 is 0 Å². The number of hydrogen-bond donors (Lipinski definition) is 1. The lowest BCUT2D eigenvalue weighted by atomic mass is 9.81. The predicted octanol–water partition coefficient (Wildman–Crippen LogP) is 3.84. The summed E-state index contributed by atoms with van der Waals surface area (Å²) >= 11 is 0. The summed E-state index contributed by atoms with van der Waals surface area (Å²) in [5, 5.41) is 3.58. The summed E-state index contributed by atoms with van der Waals surface area (Å²) in [7, 11) is 0. The molecule has 1 saturated carbocycles. The van der Waals surface area contributed by atoms with Gasteiger partial charge >= 0.3 is 0 Å². The second-order valence-corrected chi connectivity index (χ2v) is 5.71. The van der Waals surface area contributed by atoms with Crippen molar-refractivity contribution in [2.24, 2.45) is 5.92 Å². The molecule has 0 saturated heterocycles. The Morgan fingerprint density at radius 3 is 2.78 bits per heavy atom. The fourth-order valence-electron chi connectivity index (χ4n) is 2.70. The van der Waals surface area contributed by atoms with Gasteiger partial charge in [0, 0.05) is 6.04 Å². The molecule has 1 aromatic rings. The van der Waals surface area contributed by atoms with Gasteiger partial charge in [0.05, 0.1) is 0 Å². The minimum absolute atomic E-state index is 0.137. The summed E-state index contributed by atoms with van der Waals surface area (Å²) in [4.78, 5) is 0. The van der Waals surface area contributed by atoms with Crippen molar-refractivity contribution in [3.8, 4) is 0 Å². The van der Waals surface area contributed by atoms with Gasteiger partial charge in [0.15, 0.2) is 0 Å². The van der Waals surface area contributed by atoms with Crippen LogP contribution in [0.25, 0.3) is 0 Å². The van der Waals surface area contributed by atoms with E-state index in [4.69, 9.17) is 0 Å². The van der Waals surface area contributed by atoms with Crippen LogP contribution in [-0.4, -0.2) is 12.6 Å². The summed E-state index contributed by atoms with van der Waals surface area (Å²) in [6.07, 6.45) is 6.56. The number of rotatable bonds is 6. The molecule has 1 fully saturated rings. The SMILES string of the molecule is Cc1cc(F)ccc1CCNC(C)CC1CCC1. The highest BCUT2D eigenvalue weighted by atomic mass is 19.1. The Kier molecular flexibility index (Phi) is 4.76. The molecule has 1 aliphatic carbocycles. The van der Waals surface area contributed by atoms with Crippen LogP contribution in [0, 0.1) is 18.7 Å². The van der Waals surface area contributed by atoms with Gasteiger partial charge in [-0.1, -0.05) is 25.3 Å². The molecule has 1 nitrogen and oxygen atoms in total. The van der Waals surface area contributed by atoms with E-state index in [0.717, 1.165) is 24.4 Å². The van der Waals surface area contributed by atoms with Crippen molar-refractivity contribution in [3.05, 3.63) is 35.1 Å². The van der Waals surface area contributed by atoms with E-state index >= 15 is 0 Å². The first kappa shape index (κ1) is 13.5. The summed E-state index contributed by atoms with van der Waals surface area (Å²) < 4.78 is 13.0. The summed E-state index contributed by atoms with van der Waals surface area (Å²) in [6, 6.07) is 5.69. The van der Waals surface area contributed by atoms with Gasteiger partial charge in [-0.25, -0.2) is 4.39 Å². The van der Waals surface area contributed by atoms with Crippen LogP contribution in [0.15, 0.2) is 18.2 Å². The van der Waals surface area contributed by atoms with E-state index in [1.807, 2.05) is 13.0 Å². The Hall–Kier alpha value is -0.890. The molecule has 0 bridgehead atoms. The van der Waals surface area contributed by atoms with Crippen molar-refractivity contribution in [1.29, 1.82) is 0 Å². The molecule has 0 aliphatic heterocycles. The molecule has 2 heteroatoms. The van der Waals surface area contributed by atoms with Gasteiger partial charge in [0.1, 0.15) is 5.82 Å². The maximum atomic E-state index is 13.0. The van der Waals surface area contributed by atoms with Gasteiger partial charge in [-0.05, 0) is 62.4 Å². The number of aryl methyl sites for hydroxylation is 1. The van der Waals surface area contributed by atoms with Crippen molar-refractivity contribution in [2.45, 2.75) is 52.0 Å². The molecule has 1 N–H and O–H groups in total. The molecule has 1 aliphatic rings. The average Bonchev–Trinajstić information content (AvgIpc) is 2.27. The van der Waals surface area contributed by atoms with Crippen LogP contribution in [0.4, 0.5) is 4.39 Å². The quantitative estimate of drug-likeness (QED) is 0.807. The van der Waals surface area contributed by atoms with Crippen molar-refractivity contribution in [3.63, 3.8) is 0 Å². The van der Waals surface area contributed by atoms with E-state index in [1.54, 1.807) is 12.1 Å². The zero-order valence-corrected chi connectivity index (χ0v) is 11.5. The molecule has 1 aromatic carbocycles. The third-order valence-corrected chi connectivity index (χ3v) is 4.10. The normalized spacial score (nSPS) is 17.5. The van der Waals surface area contributed by atoms with Crippen LogP contribution in [0.2, 0.25) is 0 Å². The first-order valence-corrected chi connectivity index (χ1v) is 7.13. The van der Waals surface area contributed by atoms with Crippen LogP contribution in [0.3, 0.4) is 0 Å². The maximum Gasteiger partial charge on any atom is 0.123 e. The second-order valence-electron chi connectivity index (χ2n) is 5.71. The van der Waals surface area contributed by atoms with Crippen LogP contribution in [-0.2, 0) is 6.42 Å². The summed E-state index contributed by atoms with van der Waals surface area (Å²) in [5.74, 6) is 0.822. The third-order valence-electron chi connectivity index (χ3n) is 4.10. The maximum absolute atomic E-state index is 13.0. The largest absolute Gasteiger partial charge is 0.314 e. The molecule has 2 rings (SSSR count). The topological polar surface area (TPSA) is 12.0 Å². The first-order valence-electron chi connectivity index (χ1n) is 7.13. The predicted molar refractivity (Wildman–Crippen MR) is 74.3 cm³/mol. The molecule has 0 heterocycles. The van der Waals surface area contributed by atoms with Crippen LogP contribution >= 0.6 is 0 Å². The lowest BCUT2D eigenvalue weighted by Crippen LogP contribution is -2.31. The lowest BCUT2D eigenvalue weighted by Gasteiger charge is -2.28. The smallest absolute Gasteiger partial charge is 0.123 e. The molecule has 0 amide bonds. The second kappa shape index (κ2) is 6.33. The first-order chi connectivity index (χ1) is 8.65. The summed E-state index contributed by atoms with van der Waals surface area (Å²) in [5.41, 5.74) is 2.31. The average molecular weight is 249 g/mol. The fourth-order valence-corrected chi connectivity index (χ4v) is 2.70. The standard InChI is InChI=1S/C16H24FN/c1-12-10-16(17)7-6-15(12)8-9-18-13(2)11-14-4-3-5-14/h6-7,10,13-14,18H,3-5,8-9,11H2,1-2H3. The third kappa shape index (κ3) is 3.81. The highest BCUT2D eigenvalue weighted by Crippen LogP contribution is 2.30. The zero-order valence-electron chi connectivity index (χ0n) is 11.5. The van der Waals surface area contributed by atoms with Gasteiger partial charge in [-0.2, -0.15) is 0 Å². The minimum Gasteiger partial charge on any atom is -0.314 e. The molecule has 18 heavy (non-hydrogen) atoms. The Morgan fingerprint density at radius 1 is 1.39 bits per heavy atom. The van der Waals surface area contributed by atoms with Crippen LogP contribution in [0.1, 0.15) is 43.7 Å². The van der Waals surface area contributed by atoms with E-state index in [-0.39, 0.29) is 5.82 Å². The fraction of sp³-hybridized carbons (Fsp3) is 0.625. The molecule has 100 valence electrons. The van der Waals surface area contributed by atoms with Gasteiger partial charge < -0.3 is 5.32 Å². The highest BCUT2D eigenvalue weighted by Gasteiger charge is 2.19. The lowest BCUT2D eigenvalue weighted by molar-refractivity contribution is 0.266. The Balaban J connectivity index is 1.70. The Morgan fingerprint density at radius 2 is 2.17 bits per heavy atom. The van der Waals surface area contributed by atoms with E-state index in [2.05, 4.69) is 12.2 Å². The molecule has 0 spiro atoms. The molecular weight excluding hydrogens is 225 g/mol. The zero-order chi connectivity index (χ0) is 13.0. The van der Waals surface area contributed by atoms with Crippen molar-refractivity contribution in [1.82, 2.24) is 5.32 Å². The number of halogens is 1. The Bertz CT molecular complexity index is 385. The van der Waals surface area contributed by atoms with Crippen LogP contribution in [0.5, 0.6) is 0 Å². The molecular formula is C16H24FN. The summed E-state index contributed by atoms with van der Waals surface area (Å²) in [6.45, 7) is 5.24. The van der Waals surface area contributed by atoms with E-state index in [9.17, 15) is 4.39 Å². The van der Waals surface area contributed by atoms with Gasteiger partial charge in [0.25, 0.3) is 0 Å². The van der Waals surface area contributed by atoms with E-state index in [1.165, 1.54) is 31.2 Å². The van der Waals surface area contributed by atoms with Crippen molar-refractivity contribution < 1.29 is 4.39 Å². The molecule has 1 unspecified atom stereocenters. The van der Waals surface area contributed by atoms with E-state index in [0.29, 0.717) is 6.04 Å². The van der Waals surface area contributed by atoms with Gasteiger partial charge in [-0.3, -0.25) is 0 Å². The van der Waals surface area contributed by atoms with Crippen molar-refractivity contribution >= 4 is 0 Å². The monoisotopic (exact) mass is 249 g/mol. The highest BCUT2D eigenvalue weighted by molar-refractivity contribution is 5.26.